The molecule has 2 aromatic carbocycles. The minimum Gasteiger partial charge on any atom is -0.394 e. The Kier molecular flexibility index (Phi) is 7.94. The first-order chi connectivity index (χ1) is 17.2. The third-order valence-electron chi connectivity index (χ3n) is 6.28. The quantitative estimate of drug-likeness (QED) is 0.310. The number of hydrogen-bond acceptors (Lipinski definition) is 7. The summed E-state index contributed by atoms with van der Waals surface area (Å²) in [5, 5.41) is 32.0. The number of aliphatic hydroxyl groups excluding tert-OH is 3. The van der Waals surface area contributed by atoms with E-state index in [1.807, 2.05) is 0 Å². The summed E-state index contributed by atoms with van der Waals surface area (Å²) in [6, 6.07) is 6.87. The van der Waals surface area contributed by atoms with Crippen LogP contribution in [0.3, 0.4) is 0 Å². The van der Waals surface area contributed by atoms with Gasteiger partial charge in [-0.15, -0.1) is 0 Å². The van der Waals surface area contributed by atoms with Crippen LogP contribution in [0, 0.1) is 11.6 Å². The molecule has 1 saturated carbocycles. The normalized spacial score (nSPS) is 20.7. The van der Waals surface area contributed by atoms with Gasteiger partial charge in [0.25, 0.3) is 5.91 Å². The van der Waals surface area contributed by atoms with Gasteiger partial charge in [-0.3, -0.25) is 4.79 Å². The summed E-state index contributed by atoms with van der Waals surface area (Å²) in [7, 11) is 0. The van der Waals surface area contributed by atoms with Crippen molar-refractivity contribution < 1.29 is 28.9 Å². The highest BCUT2D eigenvalue weighted by molar-refractivity contribution is 9.10. The number of hydrogen-bond donors (Lipinski definition) is 5. The first kappa shape index (κ1) is 26.1. The van der Waals surface area contributed by atoms with Crippen molar-refractivity contribution in [2.75, 3.05) is 12.3 Å². The molecule has 0 radical (unpaired) electrons. The lowest BCUT2D eigenvalue weighted by Gasteiger charge is -2.29. The minimum atomic E-state index is -0.953. The van der Waals surface area contributed by atoms with E-state index in [9.17, 15) is 24.5 Å². The molecule has 6 N–H and O–H groups in total. The standard InChI is InChI=1S/C25H25BrF2N4O4/c26-15-5-14(6-16(27)9-15)20(11-33)32-25(36)17-3-1-13(7-18(17)28)23-24(29)30-10-19(31-23)12-2-4-21(34)22(35)8-12/h1,3,5-7,9-10,12,20-22,33-35H,2,4,8,11H2,(H2,29,30)(H,32,36)/t12-,20?,21-,22-/m0/s1. The number of nitrogens with one attached hydrogen (secondary N) is 1. The van der Waals surface area contributed by atoms with Crippen LogP contribution in [0.15, 0.2) is 47.1 Å². The maximum atomic E-state index is 15.0. The van der Waals surface area contributed by atoms with Crippen LogP contribution in [0.4, 0.5) is 14.6 Å². The molecule has 1 aliphatic rings. The number of carbonyl (C=O) groups is 1. The van der Waals surface area contributed by atoms with Crippen LogP contribution in [0.2, 0.25) is 0 Å². The van der Waals surface area contributed by atoms with Crippen molar-refractivity contribution in [2.45, 2.75) is 43.4 Å². The Labute approximate surface area is 214 Å². The predicted octanol–water partition coefficient (Wildman–Crippen LogP) is 3.22. The maximum absolute atomic E-state index is 15.0. The summed E-state index contributed by atoms with van der Waals surface area (Å²) in [4.78, 5) is 21.5. The number of halogens is 3. The van der Waals surface area contributed by atoms with E-state index < -0.39 is 42.4 Å². The second kappa shape index (κ2) is 11.0. The van der Waals surface area contributed by atoms with E-state index in [1.165, 1.54) is 30.5 Å². The van der Waals surface area contributed by atoms with E-state index in [0.717, 1.165) is 6.07 Å². The van der Waals surface area contributed by atoms with Crippen molar-refractivity contribution in [3.8, 4) is 11.3 Å². The Balaban J connectivity index is 1.56. The molecule has 1 amide bonds. The molecule has 4 rings (SSSR count). The highest BCUT2D eigenvalue weighted by Crippen LogP contribution is 2.34. The lowest BCUT2D eigenvalue weighted by atomic mass is 9.83. The summed E-state index contributed by atoms with van der Waals surface area (Å²) in [6.07, 6.45) is 1.22. The Hall–Kier alpha value is -2.99. The van der Waals surface area contributed by atoms with Crippen molar-refractivity contribution in [1.29, 1.82) is 0 Å². The largest absolute Gasteiger partial charge is 0.394 e. The molecular weight excluding hydrogens is 538 g/mol. The number of nitrogen functional groups attached to an aromatic ring is 1. The molecule has 11 heteroatoms. The van der Waals surface area contributed by atoms with Crippen molar-refractivity contribution in [3.63, 3.8) is 0 Å². The van der Waals surface area contributed by atoms with E-state index in [0.29, 0.717) is 40.6 Å². The molecule has 8 nitrogen and oxygen atoms in total. The van der Waals surface area contributed by atoms with E-state index in [4.69, 9.17) is 5.73 Å². The van der Waals surface area contributed by atoms with Gasteiger partial charge in [-0.2, -0.15) is 0 Å². The molecule has 0 saturated heterocycles. The fourth-order valence-corrected chi connectivity index (χ4v) is 4.80. The van der Waals surface area contributed by atoms with Gasteiger partial charge in [0, 0.05) is 16.0 Å². The third-order valence-corrected chi connectivity index (χ3v) is 6.74. The van der Waals surface area contributed by atoms with Crippen molar-refractivity contribution >= 4 is 27.7 Å². The van der Waals surface area contributed by atoms with Gasteiger partial charge >= 0.3 is 0 Å². The smallest absolute Gasteiger partial charge is 0.254 e. The van der Waals surface area contributed by atoms with Gasteiger partial charge in [-0.05, 0) is 55.2 Å². The van der Waals surface area contributed by atoms with E-state index in [1.54, 1.807) is 6.07 Å². The van der Waals surface area contributed by atoms with Gasteiger partial charge < -0.3 is 26.4 Å². The first-order valence-corrected chi connectivity index (χ1v) is 12.1. The molecule has 0 aliphatic heterocycles. The third kappa shape index (κ3) is 5.70. The van der Waals surface area contributed by atoms with Gasteiger partial charge in [0.05, 0.1) is 42.3 Å². The zero-order valence-corrected chi connectivity index (χ0v) is 20.6. The van der Waals surface area contributed by atoms with E-state index >= 15 is 4.39 Å². The fraction of sp³-hybridized carbons (Fsp3) is 0.320. The Bertz CT molecular complexity index is 1260. The van der Waals surface area contributed by atoms with Crippen LogP contribution in [-0.2, 0) is 0 Å². The van der Waals surface area contributed by atoms with Crippen LogP contribution in [0.1, 0.15) is 52.8 Å². The molecule has 1 unspecified atom stereocenters. The topological polar surface area (TPSA) is 142 Å². The number of aromatic nitrogens is 2. The second-order valence-corrected chi connectivity index (χ2v) is 9.70. The van der Waals surface area contributed by atoms with Gasteiger partial charge in [0.2, 0.25) is 0 Å². The lowest BCUT2D eigenvalue weighted by Crippen LogP contribution is -2.33. The number of rotatable bonds is 6. The Morgan fingerprint density at radius 3 is 2.61 bits per heavy atom. The number of anilines is 1. The van der Waals surface area contributed by atoms with Gasteiger partial charge in [0.1, 0.15) is 23.1 Å². The molecule has 0 bridgehead atoms. The molecular formula is C25H25BrF2N4O4. The first-order valence-electron chi connectivity index (χ1n) is 11.3. The van der Waals surface area contributed by atoms with Crippen molar-refractivity contribution in [2.24, 2.45) is 0 Å². The van der Waals surface area contributed by atoms with Crippen LogP contribution < -0.4 is 11.1 Å². The highest BCUT2D eigenvalue weighted by atomic mass is 79.9. The van der Waals surface area contributed by atoms with E-state index in [2.05, 4.69) is 31.2 Å². The van der Waals surface area contributed by atoms with E-state index in [-0.39, 0.29) is 23.0 Å². The van der Waals surface area contributed by atoms with Crippen LogP contribution in [-0.4, -0.2) is 50.0 Å². The molecule has 3 aromatic rings. The number of nitrogens with two attached hydrogens (primary N) is 1. The van der Waals surface area contributed by atoms with Crippen LogP contribution >= 0.6 is 15.9 Å². The Morgan fingerprint density at radius 2 is 1.94 bits per heavy atom. The summed E-state index contributed by atoms with van der Waals surface area (Å²) in [5.41, 5.74) is 7.14. The molecule has 1 aromatic heterocycles. The number of amides is 1. The van der Waals surface area contributed by atoms with Gasteiger partial charge in [-0.25, -0.2) is 18.7 Å². The monoisotopic (exact) mass is 562 g/mol. The molecule has 1 heterocycles. The number of aliphatic hydroxyl groups is 3. The fourth-order valence-electron chi connectivity index (χ4n) is 4.31. The summed E-state index contributed by atoms with van der Waals surface area (Å²) < 4.78 is 29.2. The number of benzene rings is 2. The number of carbonyl (C=O) groups excluding carboxylic acids is 1. The minimum absolute atomic E-state index is 0.0729. The molecule has 36 heavy (non-hydrogen) atoms. The SMILES string of the molecule is Nc1ncc([C@H]2CC[C@H](O)[C@@H](O)C2)nc1-c1ccc(C(=O)NC(CO)c2cc(F)cc(Br)c2)c(F)c1. The molecule has 1 fully saturated rings. The maximum Gasteiger partial charge on any atom is 0.254 e. The average Bonchev–Trinajstić information content (AvgIpc) is 2.83. The molecule has 1 aliphatic carbocycles. The second-order valence-electron chi connectivity index (χ2n) is 8.78. The summed E-state index contributed by atoms with van der Waals surface area (Å²) in [5.74, 6) is -2.25. The zero-order chi connectivity index (χ0) is 26.0. The number of nitrogens with zero attached hydrogens (tertiary/aromatic N) is 2. The average molecular weight is 563 g/mol. The molecule has 0 spiro atoms. The highest BCUT2D eigenvalue weighted by Gasteiger charge is 2.30. The van der Waals surface area contributed by atoms with Crippen LogP contribution in [0.5, 0.6) is 0 Å². The van der Waals surface area contributed by atoms with Gasteiger partial charge in [0.15, 0.2) is 0 Å². The summed E-state index contributed by atoms with van der Waals surface area (Å²) in [6.45, 7) is -0.521. The van der Waals surface area contributed by atoms with Gasteiger partial charge in [-0.1, -0.05) is 22.0 Å². The van der Waals surface area contributed by atoms with Crippen molar-refractivity contribution in [3.05, 3.63) is 75.5 Å². The molecule has 4 atom stereocenters. The molecule has 190 valence electrons. The lowest BCUT2D eigenvalue weighted by molar-refractivity contribution is -0.0153. The summed E-state index contributed by atoms with van der Waals surface area (Å²) >= 11 is 3.17. The Morgan fingerprint density at radius 1 is 1.17 bits per heavy atom. The predicted molar refractivity (Wildman–Crippen MR) is 132 cm³/mol. The van der Waals surface area contributed by atoms with Crippen LogP contribution in [0.25, 0.3) is 11.3 Å². The van der Waals surface area contributed by atoms with Crippen molar-refractivity contribution in [1.82, 2.24) is 15.3 Å². The zero-order valence-electron chi connectivity index (χ0n) is 19.0.